The van der Waals surface area contributed by atoms with E-state index in [1.165, 1.54) is 0 Å². The number of phenols is 1. The number of nitrogens with zero attached hydrogens (tertiary/aromatic N) is 2. The summed E-state index contributed by atoms with van der Waals surface area (Å²) >= 11 is 3.50. The molecule has 0 unspecified atom stereocenters. The number of rotatable bonds is 2. The standard InChI is InChI=1S/C16H13BrN2O2/c1-9-6-7-11(13(17)8-9)15-18-16(21-19-15)12-5-3-4-10(2)14(12)20/h3-8,20H,1-2H3. The molecule has 0 aliphatic rings. The Bertz CT molecular complexity index is 812. The lowest BCUT2D eigenvalue weighted by atomic mass is 10.1. The molecule has 0 amide bonds. The largest absolute Gasteiger partial charge is 0.507 e. The Labute approximate surface area is 130 Å². The maximum Gasteiger partial charge on any atom is 0.262 e. The first-order valence-corrected chi connectivity index (χ1v) is 7.25. The van der Waals surface area contributed by atoms with Crippen LogP contribution in [-0.2, 0) is 0 Å². The van der Waals surface area contributed by atoms with Crippen LogP contribution in [0.15, 0.2) is 45.4 Å². The van der Waals surface area contributed by atoms with E-state index in [9.17, 15) is 5.11 Å². The molecule has 5 heteroatoms. The minimum Gasteiger partial charge on any atom is -0.507 e. The van der Waals surface area contributed by atoms with Gasteiger partial charge in [0.25, 0.3) is 5.89 Å². The fourth-order valence-corrected chi connectivity index (χ4v) is 2.75. The third-order valence-electron chi connectivity index (χ3n) is 3.26. The van der Waals surface area contributed by atoms with E-state index in [0.717, 1.165) is 21.2 Å². The molecule has 0 atom stereocenters. The van der Waals surface area contributed by atoms with Crippen LogP contribution in [0, 0.1) is 13.8 Å². The average molecular weight is 345 g/mol. The van der Waals surface area contributed by atoms with Gasteiger partial charge < -0.3 is 9.63 Å². The minimum absolute atomic E-state index is 0.163. The summed E-state index contributed by atoms with van der Waals surface area (Å²) in [6, 6.07) is 11.3. The van der Waals surface area contributed by atoms with E-state index >= 15 is 0 Å². The summed E-state index contributed by atoms with van der Waals surface area (Å²) in [5.74, 6) is 0.951. The van der Waals surface area contributed by atoms with Crippen LogP contribution in [-0.4, -0.2) is 15.2 Å². The van der Waals surface area contributed by atoms with E-state index in [1.54, 1.807) is 6.07 Å². The predicted molar refractivity (Wildman–Crippen MR) is 84.0 cm³/mol. The molecule has 0 aliphatic heterocycles. The summed E-state index contributed by atoms with van der Waals surface area (Å²) in [6.07, 6.45) is 0. The van der Waals surface area contributed by atoms with Gasteiger partial charge in [-0.1, -0.05) is 39.3 Å². The number of benzene rings is 2. The van der Waals surface area contributed by atoms with Gasteiger partial charge >= 0.3 is 0 Å². The van der Waals surface area contributed by atoms with E-state index in [4.69, 9.17) is 4.52 Å². The zero-order chi connectivity index (χ0) is 15.0. The van der Waals surface area contributed by atoms with Crippen LogP contribution in [0.2, 0.25) is 0 Å². The van der Waals surface area contributed by atoms with E-state index in [-0.39, 0.29) is 5.75 Å². The van der Waals surface area contributed by atoms with Crippen molar-refractivity contribution in [2.24, 2.45) is 0 Å². The summed E-state index contributed by atoms with van der Waals surface area (Å²) < 4.78 is 6.19. The monoisotopic (exact) mass is 344 g/mol. The highest BCUT2D eigenvalue weighted by molar-refractivity contribution is 9.10. The molecule has 1 aromatic heterocycles. The average Bonchev–Trinajstić information content (AvgIpc) is 2.91. The fraction of sp³-hybridized carbons (Fsp3) is 0.125. The van der Waals surface area contributed by atoms with Crippen molar-refractivity contribution in [3.8, 4) is 28.6 Å². The first-order valence-electron chi connectivity index (χ1n) is 6.45. The zero-order valence-electron chi connectivity index (χ0n) is 11.6. The molecule has 3 rings (SSSR count). The molecular weight excluding hydrogens is 332 g/mol. The second-order valence-corrected chi connectivity index (χ2v) is 5.73. The minimum atomic E-state index is 0.163. The van der Waals surface area contributed by atoms with Gasteiger partial charge in [0, 0.05) is 10.0 Å². The van der Waals surface area contributed by atoms with E-state index < -0.39 is 0 Å². The maximum absolute atomic E-state index is 10.1. The van der Waals surface area contributed by atoms with Gasteiger partial charge in [-0.2, -0.15) is 4.98 Å². The van der Waals surface area contributed by atoms with Crippen molar-refractivity contribution < 1.29 is 9.63 Å². The Balaban J connectivity index is 2.06. The Hall–Kier alpha value is -2.14. The lowest BCUT2D eigenvalue weighted by Crippen LogP contribution is -1.85. The van der Waals surface area contributed by atoms with Crippen molar-refractivity contribution in [2.75, 3.05) is 0 Å². The van der Waals surface area contributed by atoms with Gasteiger partial charge in [0.2, 0.25) is 5.82 Å². The third kappa shape index (κ3) is 2.56. The van der Waals surface area contributed by atoms with E-state index in [1.807, 2.05) is 44.2 Å². The molecule has 0 saturated carbocycles. The van der Waals surface area contributed by atoms with Gasteiger partial charge in [0.1, 0.15) is 5.75 Å². The Morgan fingerprint density at radius 2 is 1.90 bits per heavy atom. The Morgan fingerprint density at radius 3 is 2.67 bits per heavy atom. The maximum atomic E-state index is 10.1. The Kier molecular flexibility index (Phi) is 3.51. The highest BCUT2D eigenvalue weighted by Crippen LogP contribution is 2.33. The number of phenolic OH excluding ortho intramolecular Hbond substituents is 1. The van der Waals surface area contributed by atoms with Crippen molar-refractivity contribution in [3.05, 3.63) is 52.0 Å². The zero-order valence-corrected chi connectivity index (χ0v) is 13.2. The van der Waals surface area contributed by atoms with Gasteiger partial charge in [0.15, 0.2) is 0 Å². The molecule has 1 heterocycles. The molecule has 0 bridgehead atoms. The van der Waals surface area contributed by atoms with Crippen LogP contribution >= 0.6 is 15.9 Å². The van der Waals surface area contributed by atoms with Crippen LogP contribution in [0.5, 0.6) is 5.75 Å². The van der Waals surface area contributed by atoms with E-state index in [0.29, 0.717) is 17.3 Å². The Morgan fingerprint density at radius 1 is 1.10 bits per heavy atom. The van der Waals surface area contributed by atoms with Gasteiger partial charge in [-0.3, -0.25) is 0 Å². The second kappa shape index (κ2) is 5.33. The normalized spacial score (nSPS) is 10.8. The smallest absolute Gasteiger partial charge is 0.262 e. The van der Waals surface area contributed by atoms with Crippen molar-refractivity contribution in [1.29, 1.82) is 0 Å². The summed E-state index contributed by atoms with van der Waals surface area (Å²) in [7, 11) is 0. The van der Waals surface area contributed by atoms with Gasteiger partial charge in [-0.15, -0.1) is 0 Å². The fourth-order valence-electron chi connectivity index (χ4n) is 2.08. The number of halogens is 1. The van der Waals surface area contributed by atoms with Crippen LogP contribution < -0.4 is 0 Å². The number of aromatic hydroxyl groups is 1. The SMILES string of the molecule is Cc1ccc(-c2noc(-c3cccc(C)c3O)n2)c(Br)c1. The summed E-state index contributed by atoms with van der Waals surface area (Å²) in [5, 5.41) is 14.1. The number of aromatic nitrogens is 2. The number of para-hydroxylation sites is 1. The van der Waals surface area contributed by atoms with Crippen LogP contribution in [0.25, 0.3) is 22.8 Å². The number of hydrogen-bond donors (Lipinski definition) is 1. The molecule has 3 aromatic rings. The molecule has 1 N–H and O–H groups in total. The molecule has 4 nitrogen and oxygen atoms in total. The topological polar surface area (TPSA) is 59.2 Å². The summed E-state index contributed by atoms with van der Waals surface area (Å²) in [4.78, 5) is 4.38. The molecule has 21 heavy (non-hydrogen) atoms. The van der Waals surface area contributed by atoms with Crippen LogP contribution in [0.3, 0.4) is 0 Å². The molecule has 0 saturated heterocycles. The van der Waals surface area contributed by atoms with Gasteiger partial charge in [-0.25, -0.2) is 0 Å². The van der Waals surface area contributed by atoms with Crippen LogP contribution in [0.1, 0.15) is 11.1 Å². The highest BCUT2D eigenvalue weighted by atomic mass is 79.9. The quantitative estimate of drug-likeness (QED) is 0.744. The molecule has 2 aromatic carbocycles. The lowest BCUT2D eigenvalue weighted by molar-refractivity contribution is 0.425. The molecule has 106 valence electrons. The summed E-state index contributed by atoms with van der Waals surface area (Å²) in [5.41, 5.74) is 3.30. The first kappa shape index (κ1) is 13.8. The van der Waals surface area contributed by atoms with Gasteiger partial charge in [-0.05, 0) is 43.2 Å². The van der Waals surface area contributed by atoms with Crippen molar-refractivity contribution >= 4 is 15.9 Å². The highest BCUT2D eigenvalue weighted by Gasteiger charge is 2.16. The third-order valence-corrected chi connectivity index (χ3v) is 3.92. The summed E-state index contributed by atoms with van der Waals surface area (Å²) in [6.45, 7) is 3.84. The first-order chi connectivity index (χ1) is 10.1. The predicted octanol–water partition coefficient (Wildman–Crippen LogP) is 4.49. The van der Waals surface area contributed by atoms with Gasteiger partial charge in [0.05, 0.1) is 5.56 Å². The van der Waals surface area contributed by atoms with Crippen molar-refractivity contribution in [3.63, 3.8) is 0 Å². The van der Waals surface area contributed by atoms with Crippen molar-refractivity contribution in [2.45, 2.75) is 13.8 Å². The second-order valence-electron chi connectivity index (χ2n) is 4.88. The lowest BCUT2D eigenvalue weighted by Gasteiger charge is -2.02. The number of hydrogen-bond acceptors (Lipinski definition) is 4. The van der Waals surface area contributed by atoms with E-state index in [2.05, 4.69) is 26.1 Å². The molecule has 0 fully saturated rings. The molecular formula is C16H13BrN2O2. The molecule has 0 aliphatic carbocycles. The van der Waals surface area contributed by atoms with Crippen LogP contribution in [0.4, 0.5) is 0 Å². The molecule has 0 radical (unpaired) electrons. The van der Waals surface area contributed by atoms with Crippen molar-refractivity contribution in [1.82, 2.24) is 10.1 Å². The molecule has 0 spiro atoms. The number of aryl methyl sites for hydroxylation is 2.